The van der Waals surface area contributed by atoms with Crippen LogP contribution >= 0.6 is 11.3 Å². The lowest BCUT2D eigenvalue weighted by atomic mass is 10.1. The minimum Gasteiger partial charge on any atom is -0.478 e. The molecule has 0 saturated carbocycles. The van der Waals surface area contributed by atoms with Gasteiger partial charge in [-0.25, -0.2) is 13.6 Å². The Kier molecular flexibility index (Phi) is 3.80. The number of hydrogen-bond acceptors (Lipinski definition) is 3. The lowest BCUT2D eigenvalue weighted by Crippen LogP contribution is -2.10. The van der Waals surface area contributed by atoms with Crippen molar-refractivity contribution in [1.82, 2.24) is 0 Å². The monoisotopic (exact) mass is 283 g/mol. The number of halogens is 2. The van der Waals surface area contributed by atoms with Gasteiger partial charge in [-0.15, -0.1) is 11.3 Å². The third kappa shape index (κ3) is 2.73. The molecule has 100 valence electrons. The molecule has 0 spiro atoms. The van der Waals surface area contributed by atoms with E-state index in [1.165, 1.54) is 17.4 Å². The zero-order valence-corrected chi connectivity index (χ0v) is 10.8. The van der Waals surface area contributed by atoms with Crippen molar-refractivity contribution in [2.75, 3.05) is 5.32 Å². The highest BCUT2D eigenvalue weighted by Gasteiger charge is 2.19. The third-order valence-corrected chi connectivity index (χ3v) is 3.71. The predicted octanol–water partition coefficient (Wildman–Crippen LogP) is 3.90. The molecule has 0 aliphatic rings. The minimum atomic E-state index is -1.49. The molecule has 1 atom stereocenters. The predicted molar refractivity (Wildman–Crippen MR) is 69.7 cm³/mol. The van der Waals surface area contributed by atoms with Crippen molar-refractivity contribution in [2.24, 2.45) is 0 Å². The molecule has 1 unspecified atom stereocenters. The molecule has 0 fully saturated rings. The zero-order valence-electron chi connectivity index (χ0n) is 9.98. The number of anilines is 1. The van der Waals surface area contributed by atoms with Gasteiger partial charge in [0.25, 0.3) is 0 Å². The molecule has 6 heteroatoms. The molecule has 3 nitrogen and oxygen atoms in total. The maximum absolute atomic E-state index is 13.7. The summed E-state index contributed by atoms with van der Waals surface area (Å²) in [5.74, 6) is -4.02. The van der Waals surface area contributed by atoms with E-state index in [1.54, 1.807) is 0 Å². The maximum atomic E-state index is 13.7. The summed E-state index contributed by atoms with van der Waals surface area (Å²) in [7, 11) is 0. The first-order valence-corrected chi connectivity index (χ1v) is 6.40. The lowest BCUT2D eigenvalue weighted by Gasteiger charge is -2.15. The van der Waals surface area contributed by atoms with Crippen LogP contribution in [0.3, 0.4) is 0 Å². The van der Waals surface area contributed by atoms with E-state index < -0.39 is 23.2 Å². The van der Waals surface area contributed by atoms with Crippen LogP contribution in [0, 0.1) is 11.6 Å². The van der Waals surface area contributed by atoms with Crippen LogP contribution in [0.5, 0.6) is 0 Å². The highest BCUT2D eigenvalue weighted by atomic mass is 32.1. The van der Waals surface area contributed by atoms with Gasteiger partial charge in [-0.05, 0) is 30.5 Å². The van der Waals surface area contributed by atoms with Crippen LogP contribution in [0.2, 0.25) is 0 Å². The summed E-state index contributed by atoms with van der Waals surface area (Å²) in [4.78, 5) is 11.6. The fourth-order valence-electron chi connectivity index (χ4n) is 1.67. The Hall–Kier alpha value is -1.95. The molecule has 0 bridgehead atoms. The Bertz CT molecular complexity index is 599. The molecule has 2 aromatic rings. The largest absolute Gasteiger partial charge is 0.478 e. The molecule has 0 radical (unpaired) electrons. The van der Waals surface area contributed by atoms with Gasteiger partial charge in [0.1, 0.15) is 0 Å². The first-order valence-electron chi connectivity index (χ1n) is 5.52. The molecule has 0 saturated heterocycles. The number of aromatic carboxylic acids is 1. The Morgan fingerprint density at radius 1 is 1.32 bits per heavy atom. The van der Waals surface area contributed by atoms with Crippen LogP contribution in [0.1, 0.15) is 28.2 Å². The molecular weight excluding hydrogens is 272 g/mol. The summed E-state index contributed by atoms with van der Waals surface area (Å²) in [5, 5.41) is 13.4. The lowest BCUT2D eigenvalue weighted by molar-refractivity contribution is 0.0690. The van der Waals surface area contributed by atoms with Gasteiger partial charge in [-0.1, -0.05) is 6.07 Å². The maximum Gasteiger partial charge on any atom is 0.338 e. The minimum absolute atomic E-state index is 0.0524. The molecule has 0 aliphatic heterocycles. The molecule has 2 N–H and O–H groups in total. The number of benzene rings is 1. The van der Waals surface area contributed by atoms with Gasteiger partial charge in [-0.3, -0.25) is 0 Å². The molecule has 2 rings (SSSR count). The van der Waals surface area contributed by atoms with Gasteiger partial charge >= 0.3 is 5.97 Å². The van der Waals surface area contributed by atoms with Crippen LogP contribution in [-0.4, -0.2) is 11.1 Å². The first kappa shape index (κ1) is 13.5. The van der Waals surface area contributed by atoms with E-state index in [2.05, 4.69) is 5.32 Å². The molecule has 1 aromatic heterocycles. The van der Waals surface area contributed by atoms with Crippen molar-refractivity contribution in [3.63, 3.8) is 0 Å². The number of carboxylic acids is 1. The number of nitrogens with one attached hydrogen (secondary N) is 1. The van der Waals surface area contributed by atoms with E-state index in [9.17, 15) is 13.6 Å². The van der Waals surface area contributed by atoms with E-state index in [1.807, 2.05) is 24.4 Å². The first-order chi connectivity index (χ1) is 9.00. The molecule has 0 aliphatic carbocycles. The van der Waals surface area contributed by atoms with Crippen molar-refractivity contribution in [3.05, 3.63) is 51.7 Å². The summed E-state index contributed by atoms with van der Waals surface area (Å²) in [6, 6.07) is 5.82. The number of thiophene rings is 1. The van der Waals surface area contributed by atoms with E-state index in [0.717, 1.165) is 10.9 Å². The van der Waals surface area contributed by atoms with E-state index in [4.69, 9.17) is 5.11 Å². The summed E-state index contributed by atoms with van der Waals surface area (Å²) in [6.45, 7) is 1.81. The highest BCUT2D eigenvalue weighted by molar-refractivity contribution is 7.10. The van der Waals surface area contributed by atoms with Crippen LogP contribution in [-0.2, 0) is 0 Å². The van der Waals surface area contributed by atoms with Crippen molar-refractivity contribution in [3.8, 4) is 0 Å². The van der Waals surface area contributed by atoms with Gasteiger partial charge in [-0.2, -0.15) is 0 Å². The number of carboxylic acid groups (broad SMARTS) is 1. The van der Waals surface area contributed by atoms with E-state index in [0.29, 0.717) is 0 Å². The standard InChI is InChI=1S/C13H11F2NO2S/c1-7(10-3-2-6-19-10)16-9-5-4-8(13(17)18)11(14)12(9)15/h2-7,16H,1H3,(H,17,18). The second kappa shape index (κ2) is 5.36. The SMILES string of the molecule is CC(Nc1ccc(C(=O)O)c(F)c1F)c1cccs1. The van der Waals surface area contributed by atoms with E-state index >= 15 is 0 Å². The van der Waals surface area contributed by atoms with Crippen LogP contribution in [0.25, 0.3) is 0 Å². The highest BCUT2D eigenvalue weighted by Crippen LogP contribution is 2.27. The quantitative estimate of drug-likeness (QED) is 0.894. The number of rotatable bonds is 4. The van der Waals surface area contributed by atoms with Gasteiger partial charge < -0.3 is 10.4 Å². The summed E-state index contributed by atoms with van der Waals surface area (Å²) < 4.78 is 27.2. The smallest absolute Gasteiger partial charge is 0.338 e. The van der Waals surface area contributed by atoms with Crippen LogP contribution in [0.15, 0.2) is 29.6 Å². The normalized spacial score (nSPS) is 12.2. The number of carbonyl (C=O) groups is 1. The van der Waals surface area contributed by atoms with E-state index in [-0.39, 0.29) is 11.7 Å². The van der Waals surface area contributed by atoms with Gasteiger partial charge in [0.2, 0.25) is 0 Å². The van der Waals surface area contributed by atoms with Crippen molar-refractivity contribution < 1.29 is 18.7 Å². The second-order valence-electron chi connectivity index (χ2n) is 3.98. The van der Waals surface area contributed by atoms with Crippen LogP contribution < -0.4 is 5.32 Å². The zero-order chi connectivity index (χ0) is 14.0. The van der Waals surface area contributed by atoms with Gasteiger partial charge in [0, 0.05) is 4.88 Å². The Labute approximate surface area is 112 Å². The Balaban J connectivity index is 2.27. The van der Waals surface area contributed by atoms with Gasteiger partial charge in [0.15, 0.2) is 11.6 Å². The number of hydrogen-bond donors (Lipinski definition) is 2. The Morgan fingerprint density at radius 3 is 2.63 bits per heavy atom. The second-order valence-corrected chi connectivity index (χ2v) is 4.95. The van der Waals surface area contributed by atoms with Gasteiger partial charge in [0.05, 0.1) is 17.3 Å². The third-order valence-electron chi connectivity index (χ3n) is 2.65. The summed E-state index contributed by atoms with van der Waals surface area (Å²) >= 11 is 1.50. The van der Waals surface area contributed by atoms with Crippen molar-refractivity contribution in [2.45, 2.75) is 13.0 Å². The fourth-order valence-corrected chi connectivity index (χ4v) is 2.40. The molecule has 1 heterocycles. The topological polar surface area (TPSA) is 49.3 Å². The average Bonchev–Trinajstić information content (AvgIpc) is 2.88. The molecule has 0 amide bonds. The molecular formula is C13H11F2NO2S. The molecule has 19 heavy (non-hydrogen) atoms. The van der Waals surface area contributed by atoms with Crippen LogP contribution in [0.4, 0.5) is 14.5 Å². The summed E-state index contributed by atoms with van der Waals surface area (Å²) in [5.41, 5.74) is -0.727. The Morgan fingerprint density at radius 2 is 2.05 bits per heavy atom. The average molecular weight is 283 g/mol. The summed E-state index contributed by atoms with van der Waals surface area (Å²) in [6.07, 6.45) is 0. The van der Waals surface area contributed by atoms with Crippen molar-refractivity contribution >= 4 is 23.0 Å². The van der Waals surface area contributed by atoms with Crippen molar-refractivity contribution in [1.29, 1.82) is 0 Å². The molecule has 1 aromatic carbocycles. The fraction of sp³-hybridized carbons (Fsp3) is 0.154.